The summed E-state index contributed by atoms with van der Waals surface area (Å²) in [6.07, 6.45) is 2.89. The number of nitriles is 1. The number of fused-ring (bicyclic) bond motifs is 2. The summed E-state index contributed by atoms with van der Waals surface area (Å²) >= 11 is 0. The molecule has 1 heterocycles. The number of amides is 3. The standard InChI is InChI=1S/C36H40FN7O3/c1-22(42-21-32(45)44-16-4-5-29(44)20-38)19-36(35(39)43-28-12-10-27(37)11-13-28)30-14-8-25(33(46)40-2)17-23(30)6-7-24-18-26(34(47)41-3)9-15-31(24)36/h8-15,17-18,22,29,42H,4-7,16,19,21H2,1-3H3,(H2,39,43)(H,40,46)(H,41,47)/t22-,29-/m0/s1. The van der Waals surface area contributed by atoms with Gasteiger partial charge in [0.05, 0.1) is 18.0 Å². The van der Waals surface area contributed by atoms with E-state index in [4.69, 9.17) is 0 Å². The summed E-state index contributed by atoms with van der Waals surface area (Å²) in [6.45, 7) is 2.53. The van der Waals surface area contributed by atoms with Crippen molar-refractivity contribution >= 4 is 29.2 Å². The molecule has 244 valence electrons. The third-order valence-electron chi connectivity index (χ3n) is 9.25. The van der Waals surface area contributed by atoms with E-state index in [1.54, 1.807) is 43.3 Å². The minimum absolute atomic E-state index is 0.0269. The fourth-order valence-corrected chi connectivity index (χ4v) is 6.89. The van der Waals surface area contributed by atoms with E-state index in [0.717, 1.165) is 28.7 Å². The SMILES string of the molecule is CNC(=O)c1ccc2c(c1)CCc1cc(C(=O)NC)ccc1C2(C[C@H](C)NCC(=O)N1CCC[C@H]1C#N)C(=N)Nc1ccc(F)cc1. The van der Waals surface area contributed by atoms with Gasteiger partial charge in [-0.1, -0.05) is 12.1 Å². The first-order chi connectivity index (χ1) is 22.6. The van der Waals surface area contributed by atoms with E-state index in [2.05, 4.69) is 27.3 Å². The molecule has 3 aromatic carbocycles. The predicted octanol–water partition coefficient (Wildman–Crippen LogP) is 3.90. The Morgan fingerprint density at radius 2 is 1.55 bits per heavy atom. The third kappa shape index (κ3) is 6.74. The normalized spacial score (nSPS) is 16.9. The Balaban J connectivity index is 1.63. The van der Waals surface area contributed by atoms with Crippen LogP contribution in [0.4, 0.5) is 10.1 Å². The van der Waals surface area contributed by atoms with Gasteiger partial charge in [-0.3, -0.25) is 19.8 Å². The number of hydrogen-bond donors (Lipinski definition) is 5. The van der Waals surface area contributed by atoms with Crippen LogP contribution in [0.5, 0.6) is 0 Å². The number of likely N-dealkylation sites (tertiary alicyclic amines) is 1. The molecule has 47 heavy (non-hydrogen) atoms. The summed E-state index contributed by atoms with van der Waals surface area (Å²) in [7, 11) is 3.15. The van der Waals surface area contributed by atoms with E-state index < -0.39 is 17.3 Å². The molecular weight excluding hydrogens is 597 g/mol. The maximum atomic E-state index is 13.8. The quantitative estimate of drug-likeness (QED) is 0.177. The zero-order valence-corrected chi connectivity index (χ0v) is 26.9. The van der Waals surface area contributed by atoms with Gasteiger partial charge in [0.2, 0.25) is 5.91 Å². The average molecular weight is 638 g/mol. The maximum absolute atomic E-state index is 13.8. The Kier molecular flexibility index (Phi) is 10.0. The molecule has 0 bridgehead atoms. The number of carbonyl (C=O) groups excluding carboxylic acids is 3. The predicted molar refractivity (Wildman–Crippen MR) is 178 cm³/mol. The van der Waals surface area contributed by atoms with Gasteiger partial charge in [-0.15, -0.1) is 0 Å². The van der Waals surface area contributed by atoms with E-state index in [1.807, 2.05) is 31.2 Å². The lowest BCUT2D eigenvalue weighted by atomic mass is 9.67. The topological polar surface area (TPSA) is 150 Å². The average Bonchev–Trinajstić information content (AvgIpc) is 3.53. The smallest absolute Gasteiger partial charge is 0.251 e. The van der Waals surface area contributed by atoms with Crippen LogP contribution in [0.1, 0.15) is 69.2 Å². The lowest BCUT2D eigenvalue weighted by Crippen LogP contribution is -2.48. The summed E-state index contributed by atoms with van der Waals surface area (Å²) in [5.41, 5.74) is 3.78. The van der Waals surface area contributed by atoms with Gasteiger partial charge in [-0.05, 0) is 110 Å². The number of benzene rings is 3. The van der Waals surface area contributed by atoms with E-state index >= 15 is 0 Å². The van der Waals surface area contributed by atoms with Crippen molar-refractivity contribution in [1.82, 2.24) is 20.9 Å². The Bertz CT molecular complexity index is 1670. The summed E-state index contributed by atoms with van der Waals surface area (Å²) < 4.78 is 13.8. The molecule has 1 saturated heterocycles. The van der Waals surface area contributed by atoms with Gasteiger partial charge >= 0.3 is 0 Å². The van der Waals surface area contributed by atoms with Gasteiger partial charge < -0.3 is 26.2 Å². The maximum Gasteiger partial charge on any atom is 0.251 e. The fourth-order valence-electron chi connectivity index (χ4n) is 6.89. The largest absolute Gasteiger partial charge is 0.355 e. The number of hydrogen-bond acceptors (Lipinski definition) is 6. The highest BCUT2D eigenvalue weighted by Crippen LogP contribution is 2.45. The number of halogens is 1. The van der Waals surface area contributed by atoms with Crippen molar-refractivity contribution < 1.29 is 18.8 Å². The molecule has 0 radical (unpaired) electrons. The summed E-state index contributed by atoms with van der Waals surface area (Å²) in [6, 6.07) is 18.3. The Hall–Kier alpha value is -5.08. The van der Waals surface area contributed by atoms with Crippen LogP contribution in [0.2, 0.25) is 0 Å². The molecule has 1 aliphatic carbocycles. The molecule has 0 aromatic heterocycles. The minimum atomic E-state index is -1.13. The summed E-state index contributed by atoms with van der Waals surface area (Å²) in [4.78, 5) is 40.2. The molecule has 0 spiro atoms. The first kappa shape index (κ1) is 33.3. The highest BCUT2D eigenvalue weighted by atomic mass is 19.1. The van der Waals surface area contributed by atoms with Crippen LogP contribution in [0, 0.1) is 22.6 Å². The molecule has 10 nitrogen and oxygen atoms in total. The van der Waals surface area contributed by atoms with Crippen LogP contribution in [0.3, 0.4) is 0 Å². The number of anilines is 1. The number of aryl methyl sites for hydroxylation is 2. The zero-order valence-electron chi connectivity index (χ0n) is 26.9. The Morgan fingerprint density at radius 3 is 2.09 bits per heavy atom. The monoisotopic (exact) mass is 637 g/mol. The molecule has 2 atom stereocenters. The van der Waals surface area contributed by atoms with E-state index in [0.29, 0.717) is 49.0 Å². The first-order valence-electron chi connectivity index (χ1n) is 15.9. The van der Waals surface area contributed by atoms with Crippen molar-refractivity contribution in [2.75, 3.05) is 32.5 Å². The van der Waals surface area contributed by atoms with Crippen molar-refractivity contribution in [3.63, 3.8) is 0 Å². The van der Waals surface area contributed by atoms with Crippen molar-refractivity contribution in [2.24, 2.45) is 0 Å². The van der Waals surface area contributed by atoms with Crippen LogP contribution in [0.25, 0.3) is 0 Å². The van der Waals surface area contributed by atoms with Crippen molar-refractivity contribution in [1.29, 1.82) is 10.7 Å². The number of amidine groups is 1. The highest BCUT2D eigenvalue weighted by molar-refractivity contribution is 6.05. The van der Waals surface area contributed by atoms with E-state index in [9.17, 15) is 29.4 Å². The summed E-state index contributed by atoms with van der Waals surface area (Å²) in [5.74, 6) is -0.885. The van der Waals surface area contributed by atoms with Crippen molar-refractivity contribution in [3.8, 4) is 6.07 Å². The van der Waals surface area contributed by atoms with Gasteiger partial charge in [0, 0.05) is 43.5 Å². The molecule has 11 heteroatoms. The molecule has 0 saturated carbocycles. The number of carbonyl (C=O) groups is 3. The van der Waals surface area contributed by atoms with Gasteiger partial charge in [0.15, 0.2) is 0 Å². The van der Waals surface area contributed by atoms with Crippen LogP contribution in [0.15, 0.2) is 60.7 Å². The van der Waals surface area contributed by atoms with Gasteiger partial charge in [-0.2, -0.15) is 5.26 Å². The number of rotatable bonds is 9. The van der Waals surface area contributed by atoms with Gasteiger partial charge in [-0.25, -0.2) is 4.39 Å². The van der Waals surface area contributed by atoms with Crippen molar-refractivity contribution in [3.05, 3.63) is 99.9 Å². The van der Waals surface area contributed by atoms with Crippen LogP contribution in [-0.4, -0.2) is 67.7 Å². The molecule has 3 amide bonds. The second-order valence-electron chi connectivity index (χ2n) is 12.2. The molecule has 5 rings (SSSR count). The molecule has 5 N–H and O–H groups in total. The third-order valence-corrected chi connectivity index (χ3v) is 9.25. The highest BCUT2D eigenvalue weighted by Gasteiger charge is 2.45. The lowest BCUT2D eigenvalue weighted by molar-refractivity contribution is -0.130. The van der Waals surface area contributed by atoms with Crippen LogP contribution >= 0.6 is 0 Å². The number of nitrogens with zero attached hydrogens (tertiary/aromatic N) is 2. The van der Waals surface area contributed by atoms with Crippen LogP contribution in [-0.2, 0) is 23.1 Å². The van der Waals surface area contributed by atoms with Crippen molar-refractivity contribution in [2.45, 2.75) is 56.5 Å². The second-order valence-corrected chi connectivity index (χ2v) is 12.2. The minimum Gasteiger partial charge on any atom is -0.355 e. The van der Waals surface area contributed by atoms with E-state index in [1.165, 1.54) is 12.1 Å². The van der Waals surface area contributed by atoms with Crippen LogP contribution < -0.4 is 21.3 Å². The molecule has 1 aliphatic heterocycles. The molecule has 1 fully saturated rings. The molecule has 2 aliphatic rings. The fraction of sp³-hybridized carbons (Fsp3) is 0.361. The second kappa shape index (κ2) is 14.1. The molecular formula is C36H40FN7O3. The Labute approximate surface area is 274 Å². The number of nitrogens with one attached hydrogen (secondary N) is 5. The van der Waals surface area contributed by atoms with Gasteiger partial charge in [0.25, 0.3) is 11.8 Å². The lowest BCUT2D eigenvalue weighted by Gasteiger charge is -2.39. The Morgan fingerprint density at radius 1 is 0.979 bits per heavy atom. The van der Waals surface area contributed by atoms with Gasteiger partial charge in [0.1, 0.15) is 17.7 Å². The first-order valence-corrected chi connectivity index (χ1v) is 15.9. The molecule has 3 aromatic rings. The molecule has 0 unspecified atom stereocenters. The zero-order chi connectivity index (χ0) is 33.7. The van der Waals surface area contributed by atoms with E-state index in [-0.39, 0.29) is 36.1 Å². The summed E-state index contributed by atoms with van der Waals surface area (Å²) in [5, 5.41) is 31.2.